The van der Waals surface area contributed by atoms with Gasteiger partial charge in [-0.25, -0.2) is 9.36 Å². The highest BCUT2D eigenvalue weighted by Crippen LogP contribution is 2.41. The topological polar surface area (TPSA) is 155 Å². The molecule has 2 saturated heterocycles. The van der Waals surface area contributed by atoms with Crippen molar-refractivity contribution in [3.8, 4) is 0 Å². The van der Waals surface area contributed by atoms with E-state index in [0.29, 0.717) is 13.0 Å². The Bertz CT molecular complexity index is 731. The average Bonchev–Trinajstić information content (AvgIpc) is 3.15. The molecule has 2 aliphatic rings. The number of nitrogens with zero attached hydrogens (tertiary/aromatic N) is 2. The van der Waals surface area contributed by atoms with E-state index in [4.69, 9.17) is 29.7 Å². The minimum atomic E-state index is -4.64. The Kier molecular flexibility index (Phi) is 5.78. The van der Waals surface area contributed by atoms with Gasteiger partial charge in [-0.3, -0.25) is 9.09 Å². The van der Waals surface area contributed by atoms with E-state index < -0.39 is 38.2 Å². The second-order valence-electron chi connectivity index (χ2n) is 6.30. The minimum Gasteiger partial charge on any atom is -0.383 e. The summed E-state index contributed by atoms with van der Waals surface area (Å²) in [5.41, 5.74) is 4.91. The summed E-state index contributed by atoms with van der Waals surface area (Å²) in [6.45, 7) is 2.04. The Balaban J connectivity index is 1.82. The van der Waals surface area contributed by atoms with Gasteiger partial charge in [0.1, 0.15) is 11.9 Å². The highest BCUT2D eigenvalue weighted by Gasteiger charge is 2.46. The highest BCUT2D eigenvalue weighted by molar-refractivity contribution is 7.46. The number of ether oxygens (including phenoxy) is 3. The lowest BCUT2D eigenvalue weighted by Gasteiger charge is -2.25. The third kappa shape index (κ3) is 4.49. The van der Waals surface area contributed by atoms with Crippen molar-refractivity contribution in [2.45, 2.75) is 44.5 Å². The predicted molar refractivity (Wildman–Crippen MR) is 87.8 cm³/mol. The van der Waals surface area contributed by atoms with Crippen LogP contribution in [-0.2, 0) is 23.3 Å². The number of nitrogens with two attached hydrogens (primary N) is 1. The Labute approximate surface area is 149 Å². The molecule has 0 radical (unpaired) electrons. The highest BCUT2D eigenvalue weighted by atomic mass is 31.2. The summed E-state index contributed by atoms with van der Waals surface area (Å²) in [6, 6.07) is 1.46. The van der Waals surface area contributed by atoms with Gasteiger partial charge in [0.05, 0.1) is 12.7 Å². The molecule has 1 unspecified atom stereocenters. The summed E-state index contributed by atoms with van der Waals surface area (Å²) in [7, 11) is -4.64. The molecule has 146 valence electrons. The van der Waals surface area contributed by atoms with E-state index in [9.17, 15) is 9.36 Å². The molecule has 0 spiro atoms. The van der Waals surface area contributed by atoms with Gasteiger partial charge in [0.25, 0.3) is 0 Å². The molecule has 1 aromatic heterocycles. The van der Waals surface area contributed by atoms with Crippen molar-refractivity contribution in [3.05, 3.63) is 22.7 Å². The molecule has 3 heterocycles. The third-order valence-corrected chi connectivity index (χ3v) is 4.91. The molecular formula is C14H22N3O8P. The number of nitrogen functional groups attached to an aromatic ring is 1. The van der Waals surface area contributed by atoms with Crippen molar-refractivity contribution in [1.82, 2.24) is 9.55 Å². The van der Waals surface area contributed by atoms with E-state index in [1.165, 1.54) is 16.8 Å². The standard InChI is InChI=1S/C14H22N3O8P/c1-8-9(7-23-26(19,20)21)24-13(12(8)25-11-3-2-6-22-11)17-5-4-10(15)16-14(17)18/h4-5,8-9,11-13H,2-3,6-7H2,1H3,(H2,15,16,18)(H2,19,20,21)/t8-,9-,11?,12-,13-/m1/s1. The fourth-order valence-electron chi connectivity index (χ4n) is 3.08. The summed E-state index contributed by atoms with van der Waals surface area (Å²) in [5, 5.41) is 0. The van der Waals surface area contributed by atoms with E-state index in [2.05, 4.69) is 9.51 Å². The van der Waals surface area contributed by atoms with E-state index in [-0.39, 0.29) is 18.3 Å². The van der Waals surface area contributed by atoms with Gasteiger partial charge in [-0.15, -0.1) is 0 Å². The van der Waals surface area contributed by atoms with Gasteiger partial charge in [0.2, 0.25) is 0 Å². The number of hydrogen-bond donors (Lipinski definition) is 3. The molecule has 1 aromatic rings. The molecule has 2 fully saturated rings. The molecule has 3 rings (SSSR count). The lowest BCUT2D eigenvalue weighted by atomic mass is 10.0. The molecular weight excluding hydrogens is 369 g/mol. The van der Waals surface area contributed by atoms with Gasteiger partial charge >= 0.3 is 13.5 Å². The second kappa shape index (κ2) is 7.73. The fourth-order valence-corrected chi connectivity index (χ4v) is 3.42. The molecule has 0 aromatic carbocycles. The maximum Gasteiger partial charge on any atom is 0.469 e. The molecule has 4 N–H and O–H groups in total. The second-order valence-corrected chi connectivity index (χ2v) is 7.54. The SMILES string of the molecule is C[C@H]1[C@@H](OC2CCCO2)[C@H](n2ccc(N)nc2=O)O[C@@H]1COP(=O)(O)O. The third-order valence-electron chi connectivity index (χ3n) is 4.43. The summed E-state index contributed by atoms with van der Waals surface area (Å²) in [4.78, 5) is 33.7. The molecule has 26 heavy (non-hydrogen) atoms. The summed E-state index contributed by atoms with van der Waals surface area (Å²) < 4.78 is 34.1. The van der Waals surface area contributed by atoms with E-state index >= 15 is 0 Å². The number of anilines is 1. The minimum absolute atomic E-state index is 0.0790. The van der Waals surface area contributed by atoms with Crippen LogP contribution in [0.5, 0.6) is 0 Å². The number of aromatic nitrogens is 2. The molecule has 0 amide bonds. The first-order valence-corrected chi connectivity index (χ1v) is 9.75. The van der Waals surface area contributed by atoms with Crippen LogP contribution >= 0.6 is 7.82 Å². The van der Waals surface area contributed by atoms with Gasteiger partial charge in [-0.1, -0.05) is 6.92 Å². The van der Waals surface area contributed by atoms with E-state index in [1.807, 2.05) is 0 Å². The van der Waals surface area contributed by atoms with Gasteiger partial charge < -0.3 is 29.7 Å². The first-order chi connectivity index (χ1) is 12.2. The number of hydrogen-bond acceptors (Lipinski definition) is 8. The Morgan fingerprint density at radius 2 is 2.27 bits per heavy atom. The predicted octanol–water partition coefficient (Wildman–Crippen LogP) is -0.01000. The lowest BCUT2D eigenvalue weighted by molar-refractivity contribution is -0.175. The zero-order valence-electron chi connectivity index (χ0n) is 14.1. The first kappa shape index (κ1) is 19.4. The maximum atomic E-state index is 12.2. The maximum absolute atomic E-state index is 12.2. The quantitative estimate of drug-likeness (QED) is 0.564. The molecule has 12 heteroatoms. The van der Waals surface area contributed by atoms with Crippen molar-refractivity contribution in [3.63, 3.8) is 0 Å². The molecule has 11 nitrogen and oxygen atoms in total. The van der Waals surface area contributed by atoms with Crippen LogP contribution in [0.1, 0.15) is 26.0 Å². The molecule has 2 aliphatic heterocycles. The van der Waals surface area contributed by atoms with Gasteiger partial charge in [-0.2, -0.15) is 4.98 Å². The monoisotopic (exact) mass is 391 g/mol. The average molecular weight is 391 g/mol. The van der Waals surface area contributed by atoms with Crippen molar-refractivity contribution >= 4 is 13.6 Å². The summed E-state index contributed by atoms with van der Waals surface area (Å²) in [5.74, 6) is -0.240. The molecule has 0 aliphatic carbocycles. The van der Waals surface area contributed by atoms with E-state index in [0.717, 1.165) is 6.42 Å². The number of phosphoric acid groups is 1. The van der Waals surface area contributed by atoms with Crippen molar-refractivity contribution in [2.24, 2.45) is 5.92 Å². The van der Waals surface area contributed by atoms with Crippen molar-refractivity contribution in [1.29, 1.82) is 0 Å². The van der Waals surface area contributed by atoms with E-state index in [1.54, 1.807) is 6.92 Å². The normalized spacial score (nSPS) is 32.2. The zero-order valence-corrected chi connectivity index (χ0v) is 15.0. The van der Waals surface area contributed by atoms with Crippen LogP contribution in [0.4, 0.5) is 5.82 Å². The Hall–Kier alpha value is -1.33. The van der Waals surface area contributed by atoms with Gasteiger partial charge in [0.15, 0.2) is 12.5 Å². The van der Waals surface area contributed by atoms with Crippen LogP contribution in [0.25, 0.3) is 0 Å². The van der Waals surface area contributed by atoms with Gasteiger partial charge in [-0.05, 0) is 12.5 Å². The summed E-state index contributed by atoms with van der Waals surface area (Å²) >= 11 is 0. The largest absolute Gasteiger partial charge is 0.469 e. The molecule has 0 saturated carbocycles. The van der Waals surface area contributed by atoms with Gasteiger partial charge in [0, 0.05) is 25.1 Å². The molecule has 5 atom stereocenters. The Morgan fingerprint density at radius 3 is 2.88 bits per heavy atom. The number of rotatable bonds is 6. The van der Waals surface area contributed by atoms with Crippen molar-refractivity contribution < 1.29 is 33.1 Å². The lowest BCUT2D eigenvalue weighted by Crippen LogP contribution is -2.36. The summed E-state index contributed by atoms with van der Waals surface area (Å²) in [6.07, 6.45) is 0.475. The van der Waals surface area contributed by atoms with Crippen molar-refractivity contribution in [2.75, 3.05) is 18.9 Å². The fraction of sp³-hybridized carbons (Fsp3) is 0.714. The molecule has 0 bridgehead atoms. The first-order valence-electron chi connectivity index (χ1n) is 8.22. The smallest absolute Gasteiger partial charge is 0.383 e. The zero-order chi connectivity index (χ0) is 18.9. The van der Waals surface area contributed by atoms with Crippen LogP contribution in [-0.4, -0.2) is 51.0 Å². The van der Waals surface area contributed by atoms with Crippen LogP contribution in [0.3, 0.4) is 0 Å². The van der Waals surface area contributed by atoms with Crippen LogP contribution in [0.2, 0.25) is 0 Å². The van der Waals surface area contributed by atoms with Crippen LogP contribution in [0, 0.1) is 5.92 Å². The number of phosphoric ester groups is 1. The van der Waals surface area contributed by atoms with Crippen LogP contribution < -0.4 is 11.4 Å². The Morgan fingerprint density at radius 1 is 1.50 bits per heavy atom. The van der Waals surface area contributed by atoms with Crippen LogP contribution in [0.15, 0.2) is 17.1 Å².